The Morgan fingerprint density at radius 2 is 1.74 bits per heavy atom. The predicted octanol–water partition coefficient (Wildman–Crippen LogP) is 0.748. The van der Waals surface area contributed by atoms with Gasteiger partial charge in [-0.05, 0) is 25.0 Å². The van der Waals surface area contributed by atoms with E-state index < -0.39 is 23.8 Å². The Labute approximate surface area is 132 Å². The molecule has 3 amide bonds. The Hall–Kier alpha value is -2.70. The monoisotopic (exact) mass is 316 g/mol. The van der Waals surface area contributed by atoms with E-state index in [9.17, 15) is 19.2 Å². The van der Waals surface area contributed by atoms with Gasteiger partial charge in [-0.25, -0.2) is 4.79 Å². The van der Waals surface area contributed by atoms with Crippen LogP contribution in [0.5, 0.6) is 0 Å². The minimum Gasteiger partial charge on any atom is -0.480 e. The molecule has 1 atom stereocenters. The summed E-state index contributed by atoms with van der Waals surface area (Å²) in [5, 5.41) is 9.10. The Balaban J connectivity index is 1.65. The van der Waals surface area contributed by atoms with Crippen molar-refractivity contribution in [1.82, 2.24) is 9.80 Å². The van der Waals surface area contributed by atoms with Gasteiger partial charge in [0.1, 0.15) is 6.04 Å². The van der Waals surface area contributed by atoms with E-state index in [1.807, 2.05) is 0 Å². The summed E-state index contributed by atoms with van der Waals surface area (Å²) in [4.78, 5) is 50.1. The maximum Gasteiger partial charge on any atom is 0.326 e. The molecule has 3 rings (SSSR count). The topological polar surface area (TPSA) is 95.0 Å². The number of hydrogen-bond acceptors (Lipinski definition) is 4. The Bertz CT molecular complexity index is 664. The van der Waals surface area contributed by atoms with Crippen LogP contribution in [0.25, 0.3) is 0 Å². The van der Waals surface area contributed by atoms with Crippen LogP contribution in [0.3, 0.4) is 0 Å². The Kier molecular flexibility index (Phi) is 3.85. The normalized spacial score (nSPS) is 20.1. The SMILES string of the molecule is O=C(O)[C@H]1CCCN1C(=O)CCN1C(=O)c2ccccc2C1=O. The van der Waals surface area contributed by atoms with Crippen molar-refractivity contribution in [3.63, 3.8) is 0 Å². The number of rotatable bonds is 4. The van der Waals surface area contributed by atoms with Crippen molar-refractivity contribution in [2.45, 2.75) is 25.3 Å². The van der Waals surface area contributed by atoms with Gasteiger partial charge >= 0.3 is 5.97 Å². The van der Waals surface area contributed by atoms with Gasteiger partial charge in [-0.3, -0.25) is 19.3 Å². The van der Waals surface area contributed by atoms with Gasteiger partial charge in [0.05, 0.1) is 11.1 Å². The highest BCUT2D eigenvalue weighted by Crippen LogP contribution is 2.23. The van der Waals surface area contributed by atoms with Crippen molar-refractivity contribution in [3.05, 3.63) is 35.4 Å². The van der Waals surface area contributed by atoms with Gasteiger partial charge in [-0.15, -0.1) is 0 Å². The first kappa shape index (κ1) is 15.2. The lowest BCUT2D eigenvalue weighted by Gasteiger charge is -2.22. The van der Waals surface area contributed by atoms with E-state index in [1.54, 1.807) is 24.3 Å². The molecule has 2 aliphatic rings. The van der Waals surface area contributed by atoms with Crippen LogP contribution in [-0.4, -0.2) is 57.7 Å². The summed E-state index contributed by atoms with van der Waals surface area (Å²) in [5.41, 5.74) is 0.684. The van der Waals surface area contributed by atoms with Crippen LogP contribution >= 0.6 is 0 Å². The zero-order valence-corrected chi connectivity index (χ0v) is 12.4. The number of carboxylic acids is 1. The third-order valence-corrected chi connectivity index (χ3v) is 4.29. The third kappa shape index (κ3) is 2.58. The quantitative estimate of drug-likeness (QED) is 0.827. The largest absolute Gasteiger partial charge is 0.480 e. The lowest BCUT2D eigenvalue weighted by molar-refractivity contribution is -0.148. The zero-order valence-electron chi connectivity index (χ0n) is 12.4. The standard InChI is InChI=1S/C16H16N2O5/c19-13(17-8-3-6-12(17)16(22)23)7-9-18-14(20)10-4-1-2-5-11(10)15(18)21/h1-2,4-5,12H,3,6-9H2,(H,22,23)/t12-/m1/s1. The molecule has 120 valence electrons. The van der Waals surface area contributed by atoms with E-state index in [1.165, 1.54) is 4.90 Å². The number of aliphatic carboxylic acids is 1. The number of nitrogens with zero attached hydrogens (tertiary/aromatic N) is 2. The summed E-state index contributed by atoms with van der Waals surface area (Å²) in [6, 6.07) is 5.72. The van der Waals surface area contributed by atoms with Crippen LogP contribution in [-0.2, 0) is 9.59 Å². The van der Waals surface area contributed by atoms with Gasteiger partial charge in [0, 0.05) is 19.5 Å². The van der Waals surface area contributed by atoms with Gasteiger partial charge in [-0.2, -0.15) is 0 Å². The van der Waals surface area contributed by atoms with Crippen LogP contribution in [0.15, 0.2) is 24.3 Å². The minimum atomic E-state index is -1.02. The van der Waals surface area contributed by atoms with Crippen LogP contribution in [0.4, 0.5) is 0 Å². The predicted molar refractivity (Wildman–Crippen MR) is 78.8 cm³/mol. The van der Waals surface area contributed by atoms with Gasteiger partial charge in [0.2, 0.25) is 5.91 Å². The first-order valence-electron chi connectivity index (χ1n) is 7.48. The number of hydrogen-bond donors (Lipinski definition) is 1. The number of carbonyl (C=O) groups is 4. The van der Waals surface area contributed by atoms with Crippen molar-refractivity contribution in [2.75, 3.05) is 13.1 Å². The molecule has 1 saturated heterocycles. The number of imide groups is 1. The van der Waals surface area contributed by atoms with Gasteiger partial charge < -0.3 is 10.0 Å². The number of likely N-dealkylation sites (tertiary alicyclic amines) is 1. The highest BCUT2D eigenvalue weighted by atomic mass is 16.4. The zero-order chi connectivity index (χ0) is 16.6. The Morgan fingerprint density at radius 1 is 1.13 bits per heavy atom. The molecule has 0 spiro atoms. The summed E-state index contributed by atoms with van der Waals surface area (Å²) in [6.45, 7) is 0.367. The van der Waals surface area contributed by atoms with Gasteiger partial charge in [0.15, 0.2) is 0 Å². The molecule has 1 aromatic rings. The van der Waals surface area contributed by atoms with E-state index in [0.717, 1.165) is 4.90 Å². The second-order valence-electron chi connectivity index (χ2n) is 5.64. The second-order valence-corrected chi connectivity index (χ2v) is 5.64. The summed E-state index contributed by atoms with van der Waals surface area (Å²) in [5.74, 6) is -2.17. The summed E-state index contributed by atoms with van der Waals surface area (Å²) < 4.78 is 0. The molecule has 0 unspecified atom stereocenters. The highest BCUT2D eigenvalue weighted by molar-refractivity contribution is 6.21. The number of fused-ring (bicyclic) bond motifs is 1. The van der Waals surface area contributed by atoms with E-state index >= 15 is 0 Å². The highest BCUT2D eigenvalue weighted by Gasteiger charge is 2.37. The van der Waals surface area contributed by atoms with Crippen LogP contribution < -0.4 is 0 Å². The van der Waals surface area contributed by atoms with E-state index in [-0.39, 0.29) is 18.9 Å². The molecule has 7 heteroatoms. The smallest absolute Gasteiger partial charge is 0.326 e. The molecular weight excluding hydrogens is 300 g/mol. The molecule has 1 fully saturated rings. The summed E-state index contributed by atoms with van der Waals surface area (Å²) in [6.07, 6.45) is 1.03. The van der Waals surface area contributed by atoms with Crippen molar-refractivity contribution in [2.24, 2.45) is 0 Å². The first-order chi connectivity index (χ1) is 11.0. The fraction of sp³-hybridized carbons (Fsp3) is 0.375. The van der Waals surface area contributed by atoms with E-state index in [0.29, 0.717) is 30.5 Å². The number of amides is 3. The molecule has 0 radical (unpaired) electrons. The molecule has 0 bridgehead atoms. The van der Waals surface area contributed by atoms with Crippen LogP contribution in [0.1, 0.15) is 40.0 Å². The van der Waals surface area contributed by atoms with Crippen molar-refractivity contribution in [3.8, 4) is 0 Å². The van der Waals surface area contributed by atoms with Crippen LogP contribution in [0, 0.1) is 0 Å². The van der Waals surface area contributed by atoms with Crippen molar-refractivity contribution >= 4 is 23.7 Å². The van der Waals surface area contributed by atoms with Crippen LogP contribution in [0.2, 0.25) is 0 Å². The fourth-order valence-corrected chi connectivity index (χ4v) is 3.12. The minimum absolute atomic E-state index is 0.0337. The molecule has 0 saturated carbocycles. The van der Waals surface area contributed by atoms with E-state index in [4.69, 9.17) is 5.11 Å². The molecule has 0 aliphatic carbocycles. The Morgan fingerprint density at radius 3 is 2.30 bits per heavy atom. The maximum absolute atomic E-state index is 12.2. The van der Waals surface area contributed by atoms with E-state index in [2.05, 4.69) is 0 Å². The van der Waals surface area contributed by atoms with Gasteiger partial charge in [-0.1, -0.05) is 12.1 Å². The molecular formula is C16H16N2O5. The molecule has 23 heavy (non-hydrogen) atoms. The lowest BCUT2D eigenvalue weighted by atomic mass is 10.1. The fourth-order valence-electron chi connectivity index (χ4n) is 3.12. The molecule has 2 heterocycles. The average molecular weight is 316 g/mol. The molecule has 2 aliphatic heterocycles. The number of carboxylic acid groups (broad SMARTS) is 1. The lowest BCUT2D eigenvalue weighted by Crippen LogP contribution is -2.42. The molecule has 1 aromatic carbocycles. The number of benzene rings is 1. The number of carbonyl (C=O) groups excluding carboxylic acids is 3. The first-order valence-corrected chi connectivity index (χ1v) is 7.48. The molecule has 0 aromatic heterocycles. The second kappa shape index (κ2) is 5.83. The summed E-state index contributed by atoms with van der Waals surface area (Å²) in [7, 11) is 0. The molecule has 7 nitrogen and oxygen atoms in total. The van der Waals surface area contributed by atoms with Crippen molar-refractivity contribution in [1.29, 1.82) is 0 Å². The van der Waals surface area contributed by atoms with Crippen molar-refractivity contribution < 1.29 is 24.3 Å². The average Bonchev–Trinajstić information content (AvgIpc) is 3.11. The maximum atomic E-state index is 12.2. The third-order valence-electron chi connectivity index (χ3n) is 4.29. The molecule has 1 N–H and O–H groups in total. The van der Waals surface area contributed by atoms with Gasteiger partial charge in [0.25, 0.3) is 11.8 Å². The summed E-state index contributed by atoms with van der Waals surface area (Å²) >= 11 is 0.